The van der Waals surface area contributed by atoms with Crippen molar-refractivity contribution >= 4 is 39.9 Å². The van der Waals surface area contributed by atoms with Crippen LogP contribution in [-0.2, 0) is 19.1 Å². The number of imide groups is 1. The van der Waals surface area contributed by atoms with E-state index >= 15 is 0 Å². The Morgan fingerprint density at radius 1 is 1.20 bits per heavy atom. The van der Waals surface area contributed by atoms with Gasteiger partial charge in [-0.3, -0.25) is 9.59 Å². The van der Waals surface area contributed by atoms with Crippen molar-refractivity contribution in [2.75, 3.05) is 14.2 Å². The lowest BCUT2D eigenvalue weighted by molar-refractivity contribution is -0.148. The van der Waals surface area contributed by atoms with Gasteiger partial charge in [0.05, 0.1) is 36.7 Å². The minimum Gasteiger partial charge on any atom is -0.493 e. The number of carbonyl (C=O) groups is 3. The van der Waals surface area contributed by atoms with Crippen molar-refractivity contribution in [3.05, 3.63) is 34.3 Å². The summed E-state index contributed by atoms with van der Waals surface area (Å²) in [7, 11) is 2.75. The molecule has 4 rings (SSSR count). The van der Waals surface area contributed by atoms with Crippen LogP contribution >= 0.6 is 15.9 Å². The summed E-state index contributed by atoms with van der Waals surface area (Å²) in [6.07, 6.45) is 5.57. The van der Waals surface area contributed by atoms with E-state index in [2.05, 4.69) is 25.8 Å². The van der Waals surface area contributed by atoms with E-state index in [-0.39, 0.29) is 35.5 Å². The van der Waals surface area contributed by atoms with Crippen LogP contribution in [0.4, 0.5) is 0 Å². The van der Waals surface area contributed by atoms with Crippen LogP contribution in [0.5, 0.6) is 11.5 Å². The van der Waals surface area contributed by atoms with E-state index in [0.29, 0.717) is 21.5 Å². The summed E-state index contributed by atoms with van der Waals surface area (Å²) in [6, 6.07) is 3.34. The number of esters is 1. The maximum absolute atomic E-state index is 12.7. The van der Waals surface area contributed by atoms with E-state index in [9.17, 15) is 14.4 Å². The molecule has 9 heteroatoms. The van der Waals surface area contributed by atoms with Gasteiger partial charge in [-0.05, 0) is 58.8 Å². The van der Waals surface area contributed by atoms with Gasteiger partial charge in [0, 0.05) is 0 Å². The van der Waals surface area contributed by atoms with Gasteiger partial charge in [-0.1, -0.05) is 12.2 Å². The molecule has 2 aliphatic carbocycles. The molecule has 1 saturated carbocycles. The third-order valence-corrected chi connectivity index (χ3v) is 6.44. The fourth-order valence-corrected chi connectivity index (χ4v) is 5.00. The smallest absolute Gasteiger partial charge is 0.346 e. The zero-order chi connectivity index (χ0) is 21.6. The van der Waals surface area contributed by atoms with E-state index in [1.165, 1.54) is 20.4 Å². The Morgan fingerprint density at radius 2 is 1.83 bits per heavy atom. The maximum atomic E-state index is 12.7. The summed E-state index contributed by atoms with van der Waals surface area (Å²) in [5.41, 5.74) is 0.593. The van der Waals surface area contributed by atoms with Crippen molar-refractivity contribution in [1.82, 2.24) is 5.01 Å². The van der Waals surface area contributed by atoms with E-state index in [1.54, 1.807) is 19.1 Å². The number of hydrazone groups is 1. The summed E-state index contributed by atoms with van der Waals surface area (Å²) in [5, 5.41) is 5.17. The number of nitrogens with zero attached hydrogens (tertiary/aromatic N) is 2. The number of hydrogen-bond donors (Lipinski definition) is 0. The Hall–Kier alpha value is -2.68. The van der Waals surface area contributed by atoms with Crippen molar-refractivity contribution < 1.29 is 28.6 Å². The molecule has 8 nitrogen and oxygen atoms in total. The van der Waals surface area contributed by atoms with Crippen LogP contribution in [0.1, 0.15) is 18.9 Å². The number of halogens is 1. The van der Waals surface area contributed by atoms with Gasteiger partial charge in [-0.2, -0.15) is 10.1 Å². The molecule has 0 radical (unpaired) electrons. The Kier molecular flexibility index (Phi) is 5.40. The normalized spacial score (nSPS) is 27.7. The van der Waals surface area contributed by atoms with Gasteiger partial charge in [0.2, 0.25) is 0 Å². The number of ether oxygens (including phenoxy) is 3. The van der Waals surface area contributed by atoms with Crippen molar-refractivity contribution in [2.24, 2.45) is 28.8 Å². The molecule has 0 N–H and O–H groups in total. The minimum atomic E-state index is -0.831. The molecule has 5 unspecified atom stereocenters. The molecule has 0 aromatic heterocycles. The van der Waals surface area contributed by atoms with E-state index in [1.807, 2.05) is 12.2 Å². The Bertz CT molecular complexity index is 944. The van der Waals surface area contributed by atoms with Gasteiger partial charge in [0.1, 0.15) is 0 Å². The topological polar surface area (TPSA) is 94.5 Å². The highest BCUT2D eigenvalue weighted by Gasteiger charge is 2.59. The standard InChI is InChI=1S/C21H21BrN2O6/c1-10(21(27)29-3)30-18-14(22)6-11(7-15(18)28-2)9-23-24-19(25)16-12-4-5-13(8-12)17(16)20(24)26/h4-7,9-10,12-13,16-17H,8H2,1-3H3. The lowest BCUT2D eigenvalue weighted by atomic mass is 9.85. The average Bonchev–Trinajstić information content (AvgIpc) is 3.41. The number of allylic oxidation sites excluding steroid dienone is 2. The van der Waals surface area contributed by atoms with E-state index in [0.717, 1.165) is 11.4 Å². The first-order valence-electron chi connectivity index (χ1n) is 9.57. The van der Waals surface area contributed by atoms with Crippen LogP contribution in [0.15, 0.2) is 33.9 Å². The highest BCUT2D eigenvalue weighted by atomic mass is 79.9. The fraction of sp³-hybridized carbons (Fsp3) is 0.429. The average molecular weight is 477 g/mol. The van der Waals surface area contributed by atoms with Crippen LogP contribution in [-0.4, -0.2) is 49.3 Å². The number of rotatable bonds is 6. The quantitative estimate of drug-likeness (QED) is 0.271. The molecule has 2 amide bonds. The monoisotopic (exact) mass is 476 g/mol. The summed E-state index contributed by atoms with van der Waals surface area (Å²) in [4.78, 5) is 37.1. The minimum absolute atomic E-state index is 0.138. The highest BCUT2D eigenvalue weighted by molar-refractivity contribution is 9.10. The van der Waals surface area contributed by atoms with E-state index in [4.69, 9.17) is 9.47 Å². The molecule has 1 aromatic carbocycles. The predicted octanol–water partition coefficient (Wildman–Crippen LogP) is 2.54. The van der Waals surface area contributed by atoms with Crippen LogP contribution in [0, 0.1) is 23.7 Å². The molecule has 5 atom stereocenters. The van der Waals surface area contributed by atoms with E-state index < -0.39 is 12.1 Å². The molecule has 1 heterocycles. The Morgan fingerprint density at radius 3 is 2.40 bits per heavy atom. The first-order valence-corrected chi connectivity index (χ1v) is 10.4. The second-order valence-corrected chi connectivity index (χ2v) is 8.40. The largest absolute Gasteiger partial charge is 0.493 e. The highest BCUT2D eigenvalue weighted by Crippen LogP contribution is 2.52. The van der Waals surface area contributed by atoms with Crippen molar-refractivity contribution in [3.63, 3.8) is 0 Å². The number of hydrogen-bond acceptors (Lipinski definition) is 7. The molecule has 1 aliphatic heterocycles. The molecular weight excluding hydrogens is 456 g/mol. The number of benzene rings is 1. The van der Waals surface area contributed by atoms with Crippen LogP contribution in [0.2, 0.25) is 0 Å². The molecule has 2 bridgehead atoms. The first-order chi connectivity index (χ1) is 14.3. The maximum Gasteiger partial charge on any atom is 0.346 e. The van der Waals surface area contributed by atoms with Gasteiger partial charge in [0.25, 0.3) is 11.8 Å². The van der Waals surface area contributed by atoms with Crippen molar-refractivity contribution in [3.8, 4) is 11.5 Å². The van der Waals surface area contributed by atoms with Crippen LogP contribution in [0.25, 0.3) is 0 Å². The molecule has 3 aliphatic rings. The third kappa shape index (κ3) is 3.30. The Balaban J connectivity index is 1.54. The lowest BCUT2D eigenvalue weighted by Gasteiger charge is -2.17. The van der Waals surface area contributed by atoms with Gasteiger partial charge < -0.3 is 14.2 Å². The molecule has 2 fully saturated rings. The van der Waals surface area contributed by atoms with Crippen molar-refractivity contribution in [1.29, 1.82) is 0 Å². The number of amides is 2. The lowest BCUT2D eigenvalue weighted by Crippen LogP contribution is -2.28. The first kappa shape index (κ1) is 20.6. The number of methoxy groups -OCH3 is 2. The zero-order valence-corrected chi connectivity index (χ0v) is 18.3. The predicted molar refractivity (Wildman–Crippen MR) is 110 cm³/mol. The fourth-order valence-electron chi connectivity index (χ4n) is 4.44. The third-order valence-electron chi connectivity index (χ3n) is 5.85. The van der Waals surface area contributed by atoms with Crippen LogP contribution < -0.4 is 9.47 Å². The van der Waals surface area contributed by atoms with Gasteiger partial charge in [0.15, 0.2) is 17.6 Å². The zero-order valence-electron chi connectivity index (χ0n) is 16.7. The summed E-state index contributed by atoms with van der Waals surface area (Å²) < 4.78 is 16.2. The number of carbonyl (C=O) groups excluding carboxylic acids is 3. The molecular formula is C21H21BrN2O6. The molecule has 1 saturated heterocycles. The second-order valence-electron chi connectivity index (χ2n) is 7.55. The van der Waals surface area contributed by atoms with Crippen LogP contribution in [0.3, 0.4) is 0 Å². The molecule has 0 spiro atoms. The van der Waals surface area contributed by atoms with Gasteiger partial charge in [-0.25, -0.2) is 4.79 Å². The summed E-state index contributed by atoms with van der Waals surface area (Å²) >= 11 is 3.40. The van der Waals surface area contributed by atoms with Gasteiger partial charge >= 0.3 is 5.97 Å². The molecule has 30 heavy (non-hydrogen) atoms. The SMILES string of the molecule is COC(=O)C(C)Oc1c(Br)cc(C=NN2C(=O)C3C4C=CC(C4)C3C2=O)cc1OC. The molecule has 1 aromatic rings. The van der Waals surface area contributed by atoms with Gasteiger partial charge in [-0.15, -0.1) is 0 Å². The summed E-state index contributed by atoms with van der Waals surface area (Å²) in [5.74, 6) is -0.610. The summed E-state index contributed by atoms with van der Waals surface area (Å²) in [6.45, 7) is 1.57. The molecule has 158 valence electrons. The number of fused-ring (bicyclic) bond motifs is 5. The Labute approximate surface area is 182 Å². The van der Waals surface area contributed by atoms with Crippen molar-refractivity contribution in [2.45, 2.75) is 19.4 Å². The second kappa shape index (κ2) is 7.86.